The zero-order chi connectivity index (χ0) is 21.9. The number of halogens is 7. The van der Waals surface area contributed by atoms with Crippen molar-refractivity contribution in [3.05, 3.63) is 35.2 Å². The lowest BCUT2D eigenvalue weighted by atomic mass is 10.1. The monoisotopic (exact) mass is 486 g/mol. The van der Waals surface area contributed by atoms with Crippen molar-refractivity contribution in [3.8, 4) is 16.9 Å². The number of nitrogens with one attached hydrogen (secondary N) is 2. The van der Waals surface area contributed by atoms with Gasteiger partial charge in [0, 0.05) is 12.1 Å². The van der Waals surface area contributed by atoms with Gasteiger partial charge < -0.3 is 27.8 Å². The zero-order valence-electron chi connectivity index (χ0n) is 16.9. The van der Waals surface area contributed by atoms with E-state index in [0.717, 1.165) is 23.0 Å². The van der Waals surface area contributed by atoms with Crippen LogP contribution in [0.15, 0.2) is 18.5 Å². The largest absolute Gasteiger partial charge is 1.00 e. The molecule has 0 amide bonds. The highest BCUT2D eigenvalue weighted by molar-refractivity contribution is 6.33. The number of hydrogen-bond donors (Lipinski definition) is 2. The fourth-order valence-electron chi connectivity index (χ4n) is 2.70. The first kappa shape index (κ1) is 24.8. The Morgan fingerprint density at radius 3 is 2.48 bits per heavy atom. The first-order valence-corrected chi connectivity index (χ1v) is 9.05. The van der Waals surface area contributed by atoms with E-state index in [2.05, 4.69) is 25.7 Å². The molecule has 0 aliphatic rings. The molecule has 14 heteroatoms. The van der Waals surface area contributed by atoms with Gasteiger partial charge in [-0.2, -0.15) is 32.8 Å². The zero-order valence-corrected chi connectivity index (χ0v) is 17.4. The van der Waals surface area contributed by atoms with E-state index in [9.17, 15) is 22.0 Å². The Hall–Kier alpha value is -2.44. The van der Waals surface area contributed by atoms with Crippen LogP contribution in [0, 0.1) is 11.6 Å². The highest BCUT2D eigenvalue weighted by atomic mass is 35.5. The third-order valence-electron chi connectivity index (χ3n) is 3.94. The highest BCUT2D eigenvalue weighted by Gasteiger charge is 2.30. The number of fused-ring (bicyclic) bond motifs is 1. The first-order valence-electron chi connectivity index (χ1n) is 8.68. The van der Waals surface area contributed by atoms with Crippen molar-refractivity contribution in [2.24, 2.45) is 0 Å². The summed E-state index contributed by atoms with van der Waals surface area (Å²) in [5.74, 6) is -2.78. The lowest BCUT2D eigenvalue weighted by Crippen LogP contribution is -3.00. The molecule has 0 aliphatic heterocycles. The fraction of sp³-hybridized carbons (Fsp3) is 0.353. The maximum absolute atomic E-state index is 14.8. The molecule has 7 nitrogen and oxygen atoms in total. The van der Waals surface area contributed by atoms with E-state index >= 15 is 0 Å². The molecular weight excluding hydrogens is 470 g/mol. The van der Waals surface area contributed by atoms with Gasteiger partial charge in [-0.1, -0.05) is 11.6 Å². The molecule has 3 rings (SSSR count). The Bertz CT molecular complexity index is 1030. The van der Waals surface area contributed by atoms with E-state index in [1.54, 1.807) is 7.05 Å². The van der Waals surface area contributed by atoms with Crippen LogP contribution in [-0.2, 0) is 0 Å². The average molecular weight is 487 g/mol. The lowest BCUT2D eigenvalue weighted by Gasteiger charge is -2.17. The van der Waals surface area contributed by atoms with Gasteiger partial charge in [-0.3, -0.25) is 0 Å². The van der Waals surface area contributed by atoms with Gasteiger partial charge in [0.15, 0.2) is 0 Å². The number of rotatable bonds is 8. The summed E-state index contributed by atoms with van der Waals surface area (Å²) in [6.45, 7) is -0.633. The predicted octanol–water partition coefficient (Wildman–Crippen LogP) is 0.802. The Morgan fingerprint density at radius 1 is 1.19 bits per heavy atom. The Labute approximate surface area is 185 Å². The molecule has 170 valence electrons. The summed E-state index contributed by atoms with van der Waals surface area (Å²) in [6.07, 6.45) is -2.98. The molecule has 0 radical (unpaired) electrons. The highest BCUT2D eigenvalue weighted by Crippen LogP contribution is 2.39. The molecule has 2 heterocycles. The van der Waals surface area contributed by atoms with Crippen molar-refractivity contribution in [2.45, 2.75) is 12.6 Å². The van der Waals surface area contributed by atoms with Crippen LogP contribution in [0.4, 0.5) is 27.8 Å². The molecule has 2 N–H and O–H groups in total. The van der Waals surface area contributed by atoms with Crippen molar-refractivity contribution >= 4 is 23.2 Å². The van der Waals surface area contributed by atoms with E-state index < -0.39 is 46.5 Å². The van der Waals surface area contributed by atoms with Crippen LogP contribution in [0.2, 0.25) is 5.15 Å². The Morgan fingerprint density at radius 2 is 1.87 bits per heavy atom. The Kier molecular flexibility index (Phi) is 8.21. The predicted molar refractivity (Wildman–Crippen MR) is 101 cm³/mol. The third kappa shape index (κ3) is 5.83. The second-order valence-corrected chi connectivity index (χ2v) is 6.49. The van der Waals surface area contributed by atoms with Crippen LogP contribution < -0.4 is 27.8 Å². The molecule has 1 aromatic carbocycles. The van der Waals surface area contributed by atoms with E-state index in [4.69, 9.17) is 16.3 Å². The number of alkyl halides is 3. The van der Waals surface area contributed by atoms with Crippen molar-refractivity contribution in [3.63, 3.8) is 0 Å². The van der Waals surface area contributed by atoms with Crippen LogP contribution in [0.5, 0.6) is 5.75 Å². The van der Waals surface area contributed by atoms with E-state index in [1.165, 1.54) is 0 Å². The van der Waals surface area contributed by atoms with Gasteiger partial charge in [0.05, 0.1) is 17.7 Å². The molecule has 0 fully saturated rings. The lowest BCUT2D eigenvalue weighted by molar-refractivity contribution is -0.115. The molecule has 0 spiro atoms. The number of benzene rings is 1. The van der Waals surface area contributed by atoms with E-state index in [-0.39, 0.29) is 32.0 Å². The van der Waals surface area contributed by atoms with Crippen LogP contribution >= 0.6 is 11.6 Å². The van der Waals surface area contributed by atoms with Crippen molar-refractivity contribution in [1.29, 1.82) is 0 Å². The van der Waals surface area contributed by atoms with Gasteiger partial charge >= 0.3 is 7.60 Å². The van der Waals surface area contributed by atoms with Crippen LogP contribution in [0.1, 0.15) is 7.85 Å². The number of anilines is 1. The minimum Gasteiger partial charge on any atom is -1.00 e. The summed E-state index contributed by atoms with van der Waals surface area (Å²) in [7, 11) is 1.75. The number of nitrogens with zero attached hydrogens (tertiary/aromatic N) is 4. The molecule has 0 saturated heterocycles. The molecule has 0 atom stereocenters. The van der Waals surface area contributed by atoms with Gasteiger partial charge in [0.2, 0.25) is 0 Å². The quantitative estimate of drug-likeness (QED) is 0.278. The summed E-state index contributed by atoms with van der Waals surface area (Å²) < 4.78 is 74.1. The Balaban J connectivity index is 0.00000256. The molecule has 0 bridgehead atoms. The molecular formula is C17H17Cl2F5N6O. The minimum atomic E-state index is -4.61. The second kappa shape index (κ2) is 10.2. The fourth-order valence-corrected chi connectivity index (χ4v) is 2.96. The van der Waals surface area contributed by atoms with Crippen molar-refractivity contribution < 1.29 is 40.5 Å². The van der Waals surface area contributed by atoms with Crippen LogP contribution in [0.3, 0.4) is 0 Å². The number of ether oxygens (including phenoxy) is 1. The summed E-state index contributed by atoms with van der Waals surface area (Å²) >= 11 is 6.07. The maximum Gasteiger partial charge on any atom is 1.00 e. The van der Waals surface area contributed by atoms with Crippen molar-refractivity contribution in [2.75, 3.05) is 32.1 Å². The first-order chi connectivity index (χ1) is 14.2. The molecule has 0 unspecified atom stereocenters. The normalized spacial score (nSPS) is 11.5. The van der Waals surface area contributed by atoms with Crippen molar-refractivity contribution in [1.82, 2.24) is 24.9 Å². The standard InChI is InChI=1S/C17H16ClF5N6O.ClH/c1-24-3-2-4-30-9-5-10(19)12(11(20)6-9)13-14(18)28-16-26-8-27-29(16)15(13)25-7-17(21,22)23;/h5-6,8,24-25H,2-4,7H2,1H3;1H. The van der Waals surface area contributed by atoms with E-state index in [0.29, 0.717) is 13.0 Å². The van der Waals surface area contributed by atoms with Gasteiger partial charge in [0.1, 0.15) is 41.2 Å². The molecule has 2 aromatic heterocycles. The maximum atomic E-state index is 14.8. The second-order valence-electron chi connectivity index (χ2n) is 6.13. The van der Waals surface area contributed by atoms with Gasteiger partial charge in [-0.25, -0.2) is 8.78 Å². The summed E-state index contributed by atoms with van der Waals surface area (Å²) in [5, 5.41) is 8.30. The topological polar surface area (TPSA) is 76.4 Å². The smallest absolute Gasteiger partial charge is 1.00 e. The number of hydrogen-bond acceptors (Lipinski definition) is 6. The minimum absolute atomic E-state index is 0. The number of aromatic nitrogens is 4. The molecule has 31 heavy (non-hydrogen) atoms. The molecule has 0 saturated carbocycles. The van der Waals surface area contributed by atoms with Gasteiger partial charge in [0.25, 0.3) is 5.78 Å². The summed E-state index contributed by atoms with van der Waals surface area (Å²) in [5.41, 5.74) is -1.09. The summed E-state index contributed by atoms with van der Waals surface area (Å²) in [4.78, 5) is 7.60. The average Bonchev–Trinajstić information content (AvgIpc) is 3.11. The van der Waals surface area contributed by atoms with E-state index in [1.807, 2.05) is 0 Å². The third-order valence-corrected chi connectivity index (χ3v) is 4.22. The van der Waals surface area contributed by atoms with Gasteiger partial charge in [-0.05, 0) is 20.0 Å². The molecule has 0 aliphatic carbocycles. The van der Waals surface area contributed by atoms with Crippen LogP contribution in [-0.4, -0.2) is 52.5 Å². The summed E-state index contributed by atoms with van der Waals surface area (Å²) in [6, 6.07) is 1.85. The van der Waals surface area contributed by atoms with Crippen LogP contribution in [0.25, 0.3) is 16.9 Å². The van der Waals surface area contributed by atoms with Gasteiger partial charge in [-0.15, -0.1) is 0 Å². The molecule has 3 aromatic rings. The SMILES string of the molecule is CNCCCOc1cc(F)c(-c2c(Cl)nc3ncnn3c2NCC(F)(F)F)c(F)c1.[Cl-].[H+].